The molecule has 0 spiro atoms. The van der Waals surface area contributed by atoms with Crippen LogP contribution in [0.2, 0.25) is 0 Å². The zero-order valence-corrected chi connectivity index (χ0v) is 10.5. The summed E-state index contributed by atoms with van der Waals surface area (Å²) in [5.41, 5.74) is 2.80. The number of anilines is 1. The maximum absolute atomic E-state index is 8.82. The minimum absolute atomic E-state index is 0.224. The molecule has 1 aliphatic rings. The highest BCUT2D eigenvalue weighted by atomic mass is 16.3. The van der Waals surface area contributed by atoms with Crippen LogP contribution in [0.5, 0.6) is 0 Å². The van der Waals surface area contributed by atoms with Gasteiger partial charge < -0.3 is 15.3 Å². The fourth-order valence-corrected chi connectivity index (χ4v) is 2.53. The highest BCUT2D eigenvalue weighted by Gasteiger charge is 2.22. The summed E-state index contributed by atoms with van der Waals surface area (Å²) in [6.45, 7) is 5.30. The molecule has 1 atom stereocenters. The second-order valence-corrected chi connectivity index (χ2v) is 4.59. The zero-order chi connectivity index (χ0) is 12.1. The minimum Gasteiger partial charge on any atom is -0.395 e. The fraction of sp³-hybridized carbons (Fsp3) is 0.571. The van der Waals surface area contributed by atoms with E-state index in [0.29, 0.717) is 12.6 Å². The van der Waals surface area contributed by atoms with Crippen molar-refractivity contribution in [3.63, 3.8) is 0 Å². The van der Waals surface area contributed by atoms with Gasteiger partial charge in [-0.3, -0.25) is 0 Å². The summed E-state index contributed by atoms with van der Waals surface area (Å²) >= 11 is 0. The van der Waals surface area contributed by atoms with E-state index in [9.17, 15) is 0 Å². The molecule has 0 aliphatic carbocycles. The van der Waals surface area contributed by atoms with Crippen molar-refractivity contribution in [2.75, 3.05) is 31.1 Å². The van der Waals surface area contributed by atoms with Gasteiger partial charge in [0.2, 0.25) is 0 Å². The van der Waals surface area contributed by atoms with Crippen LogP contribution in [-0.4, -0.2) is 37.4 Å². The van der Waals surface area contributed by atoms with Crippen LogP contribution in [0.3, 0.4) is 0 Å². The van der Waals surface area contributed by atoms with E-state index in [4.69, 9.17) is 5.11 Å². The van der Waals surface area contributed by atoms with Gasteiger partial charge >= 0.3 is 0 Å². The lowest BCUT2D eigenvalue weighted by atomic mass is 10.1. The number of hydrogen-bond acceptors (Lipinski definition) is 3. The monoisotopic (exact) mass is 234 g/mol. The molecule has 0 radical (unpaired) electrons. The number of aliphatic hydroxyl groups excluding tert-OH is 1. The Kier molecular flexibility index (Phi) is 4.40. The maximum Gasteiger partial charge on any atom is 0.0556 e. The standard InChI is InChI=1S/C14H22N2O/c1-2-12-5-3-4-6-14(12)16-9-7-13(11-16)15-8-10-17/h3-6,13,15,17H,2,7-11H2,1H3. The Morgan fingerprint density at radius 2 is 2.24 bits per heavy atom. The van der Waals surface area contributed by atoms with Crippen LogP contribution >= 0.6 is 0 Å². The normalized spacial score (nSPS) is 19.9. The van der Waals surface area contributed by atoms with E-state index in [2.05, 4.69) is 41.4 Å². The number of aryl methyl sites for hydroxylation is 1. The van der Waals surface area contributed by atoms with Gasteiger partial charge in [0.05, 0.1) is 6.61 Å². The lowest BCUT2D eigenvalue weighted by Crippen LogP contribution is -2.34. The average Bonchev–Trinajstić information content (AvgIpc) is 2.85. The number of nitrogens with one attached hydrogen (secondary N) is 1. The molecule has 1 aromatic carbocycles. The van der Waals surface area contributed by atoms with Crippen LogP contribution < -0.4 is 10.2 Å². The van der Waals surface area contributed by atoms with Crippen molar-refractivity contribution < 1.29 is 5.11 Å². The number of hydrogen-bond donors (Lipinski definition) is 2. The third kappa shape index (κ3) is 2.99. The van der Waals surface area contributed by atoms with Gasteiger partial charge in [-0.25, -0.2) is 0 Å². The molecule has 94 valence electrons. The average molecular weight is 234 g/mol. The third-order valence-corrected chi connectivity index (χ3v) is 3.45. The van der Waals surface area contributed by atoms with Gasteiger partial charge in [-0.15, -0.1) is 0 Å². The molecule has 1 aliphatic heterocycles. The Labute approximate surface area is 103 Å². The Morgan fingerprint density at radius 3 is 3.00 bits per heavy atom. The number of benzene rings is 1. The predicted octanol–water partition coefficient (Wildman–Crippen LogP) is 1.41. The lowest BCUT2D eigenvalue weighted by Gasteiger charge is -2.22. The van der Waals surface area contributed by atoms with E-state index in [1.165, 1.54) is 11.3 Å². The summed E-state index contributed by atoms with van der Waals surface area (Å²) in [4.78, 5) is 2.45. The van der Waals surface area contributed by atoms with Crippen molar-refractivity contribution in [2.45, 2.75) is 25.8 Å². The molecule has 1 fully saturated rings. The van der Waals surface area contributed by atoms with Crippen LogP contribution in [0.4, 0.5) is 5.69 Å². The molecule has 1 unspecified atom stereocenters. The van der Waals surface area contributed by atoms with Crippen LogP contribution in [-0.2, 0) is 6.42 Å². The summed E-state index contributed by atoms with van der Waals surface area (Å²) < 4.78 is 0. The number of para-hydroxylation sites is 1. The van der Waals surface area contributed by atoms with Crippen molar-refractivity contribution in [3.05, 3.63) is 29.8 Å². The smallest absolute Gasteiger partial charge is 0.0556 e. The fourth-order valence-electron chi connectivity index (χ4n) is 2.53. The first kappa shape index (κ1) is 12.4. The van der Waals surface area contributed by atoms with Gasteiger partial charge in [0.25, 0.3) is 0 Å². The Morgan fingerprint density at radius 1 is 1.41 bits per heavy atom. The summed E-state index contributed by atoms with van der Waals surface area (Å²) in [7, 11) is 0. The second-order valence-electron chi connectivity index (χ2n) is 4.59. The summed E-state index contributed by atoms with van der Waals surface area (Å²) in [5, 5.41) is 12.2. The maximum atomic E-state index is 8.82. The van der Waals surface area contributed by atoms with Crippen LogP contribution in [0.1, 0.15) is 18.9 Å². The molecule has 3 heteroatoms. The lowest BCUT2D eigenvalue weighted by molar-refractivity contribution is 0.286. The van der Waals surface area contributed by atoms with Gasteiger partial charge in [0.15, 0.2) is 0 Å². The largest absolute Gasteiger partial charge is 0.395 e. The molecule has 0 amide bonds. The van der Waals surface area contributed by atoms with E-state index in [1.807, 2.05) is 0 Å². The van der Waals surface area contributed by atoms with Crippen molar-refractivity contribution >= 4 is 5.69 Å². The van der Waals surface area contributed by atoms with Gasteiger partial charge in [-0.2, -0.15) is 0 Å². The predicted molar refractivity (Wildman–Crippen MR) is 71.5 cm³/mol. The molecule has 1 saturated heterocycles. The second kappa shape index (κ2) is 6.03. The molecule has 0 aromatic heterocycles. The number of aliphatic hydroxyl groups is 1. The van der Waals surface area contributed by atoms with Gasteiger partial charge in [-0.1, -0.05) is 25.1 Å². The SMILES string of the molecule is CCc1ccccc1N1CCC(NCCO)C1. The molecule has 17 heavy (non-hydrogen) atoms. The zero-order valence-electron chi connectivity index (χ0n) is 10.5. The third-order valence-electron chi connectivity index (χ3n) is 3.45. The summed E-state index contributed by atoms with van der Waals surface area (Å²) in [6.07, 6.45) is 2.25. The van der Waals surface area contributed by atoms with Crippen LogP contribution in [0.25, 0.3) is 0 Å². The minimum atomic E-state index is 0.224. The first-order valence-electron chi connectivity index (χ1n) is 6.52. The summed E-state index contributed by atoms with van der Waals surface area (Å²) in [6, 6.07) is 9.17. The van der Waals surface area contributed by atoms with Gasteiger partial charge in [-0.05, 0) is 24.5 Å². The molecule has 2 rings (SSSR count). The first-order chi connectivity index (χ1) is 8.35. The highest BCUT2D eigenvalue weighted by Crippen LogP contribution is 2.24. The van der Waals surface area contributed by atoms with Crippen molar-refractivity contribution in [3.8, 4) is 0 Å². The van der Waals surface area contributed by atoms with Crippen molar-refractivity contribution in [1.29, 1.82) is 0 Å². The van der Waals surface area contributed by atoms with E-state index in [-0.39, 0.29) is 6.61 Å². The summed E-state index contributed by atoms with van der Waals surface area (Å²) in [5.74, 6) is 0. The van der Waals surface area contributed by atoms with E-state index in [0.717, 1.165) is 25.9 Å². The molecule has 1 aromatic rings. The Hall–Kier alpha value is -1.06. The van der Waals surface area contributed by atoms with Crippen molar-refractivity contribution in [1.82, 2.24) is 5.32 Å². The molecule has 1 heterocycles. The topological polar surface area (TPSA) is 35.5 Å². The highest BCUT2D eigenvalue weighted by molar-refractivity contribution is 5.54. The molecule has 2 N–H and O–H groups in total. The van der Waals surface area contributed by atoms with Gasteiger partial charge in [0, 0.05) is 31.4 Å². The number of nitrogens with zero attached hydrogens (tertiary/aromatic N) is 1. The quantitative estimate of drug-likeness (QED) is 0.808. The van der Waals surface area contributed by atoms with Crippen LogP contribution in [0.15, 0.2) is 24.3 Å². The van der Waals surface area contributed by atoms with Crippen molar-refractivity contribution in [2.24, 2.45) is 0 Å². The Balaban J connectivity index is 1.99. The molecule has 0 saturated carbocycles. The molecule has 3 nitrogen and oxygen atoms in total. The van der Waals surface area contributed by atoms with Gasteiger partial charge in [0.1, 0.15) is 0 Å². The number of rotatable bonds is 5. The van der Waals surface area contributed by atoms with E-state index < -0.39 is 0 Å². The molecule has 0 bridgehead atoms. The van der Waals surface area contributed by atoms with E-state index >= 15 is 0 Å². The van der Waals surface area contributed by atoms with Crippen LogP contribution in [0, 0.1) is 0 Å². The first-order valence-corrected chi connectivity index (χ1v) is 6.52. The Bertz CT molecular complexity index is 354. The van der Waals surface area contributed by atoms with E-state index in [1.54, 1.807) is 0 Å². The molecular formula is C14H22N2O. The molecular weight excluding hydrogens is 212 g/mol.